The molecule has 41 valence electrons. The summed E-state index contributed by atoms with van der Waals surface area (Å²) in [4.78, 5) is 0. The van der Waals surface area contributed by atoms with Gasteiger partial charge in [0.25, 0.3) is 0 Å². The predicted molar refractivity (Wildman–Crippen MR) is 39.3 cm³/mol. The van der Waals surface area contributed by atoms with Crippen LogP contribution in [0.25, 0.3) is 0 Å². The van der Waals surface area contributed by atoms with Crippen molar-refractivity contribution in [2.45, 2.75) is 0 Å². The van der Waals surface area contributed by atoms with Crippen molar-refractivity contribution in [3.63, 3.8) is 0 Å². The molecule has 0 aliphatic carbocycles. The SMILES string of the molecule is [O]c1ccccc1I. The zero-order valence-electron chi connectivity index (χ0n) is 4.10. The predicted octanol–water partition coefficient (Wildman–Crippen LogP) is 2.44. The van der Waals surface area contributed by atoms with Crippen LogP contribution in [0, 0.1) is 3.57 Å². The minimum Gasteiger partial charge on any atom is -0.289 e. The van der Waals surface area contributed by atoms with E-state index in [9.17, 15) is 5.11 Å². The first kappa shape index (κ1) is 5.88. The fourth-order valence-corrected chi connectivity index (χ4v) is 0.832. The Morgan fingerprint density at radius 2 is 1.88 bits per heavy atom. The lowest BCUT2D eigenvalue weighted by molar-refractivity contribution is 0.352. The number of rotatable bonds is 0. The van der Waals surface area contributed by atoms with E-state index in [0.717, 1.165) is 3.57 Å². The lowest BCUT2D eigenvalue weighted by atomic mass is 10.3. The van der Waals surface area contributed by atoms with Crippen molar-refractivity contribution in [1.82, 2.24) is 0 Å². The van der Waals surface area contributed by atoms with E-state index in [1.165, 1.54) is 0 Å². The maximum atomic E-state index is 10.6. The van der Waals surface area contributed by atoms with Crippen molar-refractivity contribution in [1.29, 1.82) is 0 Å². The quantitative estimate of drug-likeness (QED) is 0.597. The van der Waals surface area contributed by atoms with Gasteiger partial charge in [-0.2, -0.15) is 0 Å². The molecule has 1 aromatic rings. The van der Waals surface area contributed by atoms with Crippen molar-refractivity contribution in [3.8, 4) is 5.75 Å². The largest absolute Gasteiger partial charge is 0.289 e. The van der Waals surface area contributed by atoms with Crippen LogP contribution in [0.4, 0.5) is 0 Å². The molecule has 0 amide bonds. The highest BCUT2D eigenvalue weighted by Gasteiger charge is 1.92. The van der Waals surface area contributed by atoms with Gasteiger partial charge in [-0.1, -0.05) is 12.1 Å². The zero-order chi connectivity index (χ0) is 5.98. The van der Waals surface area contributed by atoms with Crippen LogP contribution in [-0.2, 0) is 5.11 Å². The van der Waals surface area contributed by atoms with E-state index >= 15 is 0 Å². The molecular formula is C6H4IO. The van der Waals surface area contributed by atoms with Crippen molar-refractivity contribution < 1.29 is 5.11 Å². The van der Waals surface area contributed by atoms with Gasteiger partial charge in [0.2, 0.25) is 0 Å². The van der Waals surface area contributed by atoms with Crippen LogP contribution in [0.1, 0.15) is 0 Å². The average molecular weight is 219 g/mol. The van der Waals surface area contributed by atoms with Gasteiger partial charge in [-0.15, -0.1) is 0 Å². The molecular weight excluding hydrogens is 215 g/mol. The standard InChI is InChI=1S/C6H4IO/c7-5-3-1-2-4-6(5)8/h1-4H. The second-order valence-electron chi connectivity index (χ2n) is 1.43. The Morgan fingerprint density at radius 1 is 1.25 bits per heavy atom. The normalized spacial score (nSPS) is 9.12. The molecule has 0 aromatic heterocycles. The molecule has 0 atom stereocenters. The maximum absolute atomic E-state index is 10.6. The van der Waals surface area contributed by atoms with Crippen LogP contribution >= 0.6 is 22.6 Å². The Hall–Kier alpha value is -0.250. The van der Waals surface area contributed by atoms with Crippen LogP contribution in [0.15, 0.2) is 24.3 Å². The molecule has 0 saturated heterocycles. The van der Waals surface area contributed by atoms with Crippen LogP contribution in [-0.4, -0.2) is 0 Å². The first-order valence-electron chi connectivity index (χ1n) is 2.22. The Balaban J connectivity index is 3.13. The van der Waals surface area contributed by atoms with E-state index in [2.05, 4.69) is 0 Å². The molecule has 8 heavy (non-hydrogen) atoms. The van der Waals surface area contributed by atoms with Crippen LogP contribution in [0.2, 0.25) is 0 Å². The van der Waals surface area contributed by atoms with Gasteiger partial charge < -0.3 is 0 Å². The number of hydrogen-bond acceptors (Lipinski definition) is 0. The lowest BCUT2D eigenvalue weighted by Crippen LogP contribution is -1.66. The third-order valence-electron chi connectivity index (χ3n) is 0.837. The van der Waals surface area contributed by atoms with Gasteiger partial charge >= 0.3 is 0 Å². The van der Waals surface area contributed by atoms with Gasteiger partial charge in [0.05, 0.1) is 3.57 Å². The third kappa shape index (κ3) is 1.12. The van der Waals surface area contributed by atoms with E-state index in [1.54, 1.807) is 18.2 Å². The van der Waals surface area contributed by atoms with Gasteiger partial charge in [-0.05, 0) is 34.7 Å². The lowest BCUT2D eigenvalue weighted by Gasteiger charge is -1.86. The molecule has 0 aliphatic rings. The third-order valence-corrected chi connectivity index (χ3v) is 1.73. The van der Waals surface area contributed by atoms with Gasteiger partial charge in [0.1, 0.15) is 0 Å². The Labute approximate surface area is 61.5 Å². The maximum Gasteiger partial charge on any atom is 0.191 e. The van der Waals surface area contributed by atoms with Gasteiger partial charge in [-0.25, -0.2) is 0 Å². The van der Waals surface area contributed by atoms with Crippen molar-refractivity contribution in [3.05, 3.63) is 27.8 Å². The highest BCUT2D eigenvalue weighted by atomic mass is 127. The van der Waals surface area contributed by atoms with Gasteiger partial charge in [-0.3, -0.25) is 5.11 Å². The summed E-state index contributed by atoms with van der Waals surface area (Å²) in [6.45, 7) is 0. The second kappa shape index (κ2) is 2.35. The fourth-order valence-electron chi connectivity index (χ4n) is 0.445. The molecule has 1 radical (unpaired) electrons. The second-order valence-corrected chi connectivity index (χ2v) is 2.59. The van der Waals surface area contributed by atoms with Crippen molar-refractivity contribution in [2.24, 2.45) is 0 Å². The molecule has 0 saturated carbocycles. The zero-order valence-corrected chi connectivity index (χ0v) is 6.25. The molecule has 0 spiro atoms. The molecule has 1 nitrogen and oxygen atoms in total. The topological polar surface area (TPSA) is 19.9 Å². The van der Waals surface area contributed by atoms with Gasteiger partial charge in [0.15, 0.2) is 5.75 Å². The van der Waals surface area contributed by atoms with E-state index in [-0.39, 0.29) is 5.75 Å². The van der Waals surface area contributed by atoms with Gasteiger partial charge in [0, 0.05) is 0 Å². The minimum absolute atomic E-state index is 0.105. The summed E-state index contributed by atoms with van der Waals surface area (Å²) in [5.41, 5.74) is 0. The molecule has 1 rings (SSSR count). The summed E-state index contributed by atoms with van der Waals surface area (Å²) in [6, 6.07) is 6.94. The van der Waals surface area contributed by atoms with Crippen molar-refractivity contribution >= 4 is 22.6 Å². The van der Waals surface area contributed by atoms with Crippen LogP contribution < -0.4 is 0 Å². The Morgan fingerprint density at radius 3 is 2.25 bits per heavy atom. The van der Waals surface area contributed by atoms with E-state index in [0.29, 0.717) is 0 Å². The summed E-state index contributed by atoms with van der Waals surface area (Å²) < 4.78 is 0.783. The monoisotopic (exact) mass is 219 g/mol. The van der Waals surface area contributed by atoms with E-state index in [4.69, 9.17) is 0 Å². The summed E-state index contributed by atoms with van der Waals surface area (Å²) in [5.74, 6) is 0.105. The Bertz CT molecular complexity index is 165. The molecule has 0 fully saturated rings. The van der Waals surface area contributed by atoms with Crippen LogP contribution in [0.5, 0.6) is 5.75 Å². The molecule has 1 aromatic carbocycles. The molecule has 0 unspecified atom stereocenters. The molecule has 0 aliphatic heterocycles. The molecule has 0 bridgehead atoms. The molecule has 0 heterocycles. The fraction of sp³-hybridized carbons (Fsp3) is 0. The van der Waals surface area contributed by atoms with Crippen LogP contribution in [0.3, 0.4) is 0 Å². The van der Waals surface area contributed by atoms with E-state index < -0.39 is 0 Å². The summed E-state index contributed by atoms with van der Waals surface area (Å²) >= 11 is 2.01. The number of para-hydroxylation sites is 1. The molecule has 0 N–H and O–H groups in total. The first-order valence-corrected chi connectivity index (χ1v) is 3.30. The summed E-state index contributed by atoms with van der Waals surface area (Å²) in [6.07, 6.45) is 0. The number of hydrogen-bond donors (Lipinski definition) is 0. The van der Waals surface area contributed by atoms with E-state index in [1.807, 2.05) is 28.7 Å². The highest BCUT2D eigenvalue weighted by Crippen LogP contribution is 2.17. The first-order chi connectivity index (χ1) is 3.80. The summed E-state index contributed by atoms with van der Waals surface area (Å²) in [7, 11) is 0. The number of halogens is 1. The Kier molecular flexibility index (Phi) is 1.73. The summed E-state index contributed by atoms with van der Waals surface area (Å²) in [5, 5.41) is 10.6. The highest BCUT2D eigenvalue weighted by molar-refractivity contribution is 14.1. The molecule has 2 heteroatoms. The smallest absolute Gasteiger partial charge is 0.191 e. The average Bonchev–Trinajstić information content (AvgIpc) is 1.77. The minimum atomic E-state index is 0.105. The number of benzene rings is 1. The van der Waals surface area contributed by atoms with Crippen molar-refractivity contribution in [2.75, 3.05) is 0 Å².